The Labute approximate surface area is 331 Å². The number of morpholine rings is 1. The van der Waals surface area contributed by atoms with Gasteiger partial charge in [0.1, 0.15) is 18.0 Å². The Morgan fingerprint density at radius 2 is 1.48 bits per heavy atom. The number of carbonyl (C=O) groups excluding carboxylic acids is 2. The molecule has 1 fully saturated rings. The third-order valence-corrected chi connectivity index (χ3v) is 10.2. The molecule has 3 atom stereocenters. The number of aliphatic hydroxyl groups is 2. The summed E-state index contributed by atoms with van der Waals surface area (Å²) in [6.45, 7) is 11.0. The average molecular weight is 766 g/mol. The van der Waals surface area contributed by atoms with E-state index in [0.717, 1.165) is 46.6 Å². The standard InChI is InChI=1S/C45H59N5O6/c1-5-6-7-8-9-26-56-38-20-16-33(17-21-38)36-30-46-41(47-31-36)34-12-10-32(11-13-34)29-40(49-42(52)35-14-18-37(19-15-35)45(2,3)4)43(53)48-39(22-25-51)44(54)50-23-27-55-28-24-50/h10-21,30-31,39-40,44,51,54H,5-9,22-29H2,1-4H3,(H,48,53)(H,49,52). The molecule has 4 N–H and O–H groups in total. The Bertz CT molecular complexity index is 1790. The first-order valence-corrected chi connectivity index (χ1v) is 20.0. The molecule has 3 unspecified atom stereocenters. The second-order valence-electron chi connectivity index (χ2n) is 15.5. The van der Waals surface area contributed by atoms with E-state index in [9.17, 15) is 19.8 Å². The smallest absolute Gasteiger partial charge is 0.251 e. The van der Waals surface area contributed by atoms with Crippen molar-refractivity contribution >= 4 is 11.8 Å². The lowest BCUT2D eigenvalue weighted by atomic mass is 9.86. The first kappa shape index (κ1) is 42.5. The van der Waals surface area contributed by atoms with Crippen LogP contribution < -0.4 is 15.4 Å². The number of carbonyl (C=O) groups is 2. The molecule has 0 radical (unpaired) electrons. The van der Waals surface area contributed by atoms with Crippen LogP contribution >= 0.6 is 0 Å². The molecule has 0 spiro atoms. The zero-order chi connectivity index (χ0) is 39.9. The van der Waals surface area contributed by atoms with E-state index in [1.54, 1.807) is 24.5 Å². The molecule has 56 heavy (non-hydrogen) atoms. The molecular weight excluding hydrogens is 707 g/mol. The molecule has 4 aromatic rings. The third-order valence-electron chi connectivity index (χ3n) is 10.2. The Morgan fingerprint density at radius 1 is 0.839 bits per heavy atom. The van der Waals surface area contributed by atoms with E-state index < -0.39 is 24.2 Å². The molecule has 3 aromatic carbocycles. The first-order valence-electron chi connectivity index (χ1n) is 20.0. The van der Waals surface area contributed by atoms with Crippen LogP contribution in [0, 0.1) is 0 Å². The van der Waals surface area contributed by atoms with Crippen LogP contribution in [0.25, 0.3) is 22.5 Å². The molecule has 0 saturated carbocycles. The molecule has 0 bridgehead atoms. The molecule has 1 aliphatic heterocycles. The van der Waals surface area contributed by atoms with E-state index >= 15 is 0 Å². The van der Waals surface area contributed by atoms with Crippen molar-refractivity contribution in [1.82, 2.24) is 25.5 Å². The van der Waals surface area contributed by atoms with Gasteiger partial charge in [0.15, 0.2) is 5.82 Å². The Kier molecular flexibility index (Phi) is 15.9. The van der Waals surface area contributed by atoms with Crippen LogP contribution in [0.5, 0.6) is 5.75 Å². The normalized spacial score (nSPS) is 15.1. The van der Waals surface area contributed by atoms with Crippen LogP contribution in [0.15, 0.2) is 85.2 Å². The predicted octanol–water partition coefficient (Wildman–Crippen LogP) is 6.32. The molecule has 11 nitrogen and oxygen atoms in total. The molecule has 2 amide bonds. The van der Waals surface area contributed by atoms with E-state index in [4.69, 9.17) is 9.47 Å². The van der Waals surface area contributed by atoms with Crippen molar-refractivity contribution in [2.45, 2.75) is 96.4 Å². The second kappa shape index (κ2) is 21.0. The molecule has 1 aliphatic rings. The predicted molar refractivity (Wildman–Crippen MR) is 219 cm³/mol. The highest BCUT2D eigenvalue weighted by molar-refractivity contribution is 5.97. The van der Waals surface area contributed by atoms with Gasteiger partial charge < -0.3 is 30.3 Å². The number of aromatic nitrogens is 2. The minimum atomic E-state index is -1.02. The molecule has 5 rings (SSSR count). The maximum atomic E-state index is 13.9. The van der Waals surface area contributed by atoms with Gasteiger partial charge in [-0.05, 0) is 59.2 Å². The van der Waals surface area contributed by atoms with Gasteiger partial charge in [-0.2, -0.15) is 0 Å². The van der Waals surface area contributed by atoms with Gasteiger partial charge in [0.2, 0.25) is 5.91 Å². The minimum Gasteiger partial charge on any atom is -0.494 e. The van der Waals surface area contributed by atoms with E-state index in [1.807, 2.05) is 65.6 Å². The molecule has 0 aliphatic carbocycles. The Balaban J connectivity index is 1.26. The largest absolute Gasteiger partial charge is 0.494 e. The molecule has 300 valence electrons. The van der Waals surface area contributed by atoms with Gasteiger partial charge in [-0.15, -0.1) is 0 Å². The SMILES string of the molecule is CCCCCCCOc1ccc(-c2cnc(-c3ccc(CC(NC(=O)c4ccc(C(C)(C)C)cc4)C(=O)NC(CCO)C(O)N4CCOCC4)cc3)nc2)cc1. The summed E-state index contributed by atoms with van der Waals surface area (Å²) in [4.78, 5) is 38.6. The van der Waals surface area contributed by atoms with Crippen molar-refractivity contribution in [3.8, 4) is 28.3 Å². The lowest BCUT2D eigenvalue weighted by Crippen LogP contribution is -2.58. The van der Waals surface area contributed by atoms with Gasteiger partial charge in [-0.1, -0.05) is 102 Å². The summed E-state index contributed by atoms with van der Waals surface area (Å²) >= 11 is 0. The number of rotatable bonds is 19. The lowest BCUT2D eigenvalue weighted by molar-refractivity contribution is -0.128. The van der Waals surface area contributed by atoms with Crippen LogP contribution in [-0.2, 0) is 21.4 Å². The zero-order valence-corrected chi connectivity index (χ0v) is 33.4. The van der Waals surface area contributed by atoms with Crippen molar-refractivity contribution in [2.24, 2.45) is 0 Å². The Morgan fingerprint density at radius 3 is 2.11 bits per heavy atom. The summed E-state index contributed by atoms with van der Waals surface area (Å²) in [7, 11) is 0. The summed E-state index contributed by atoms with van der Waals surface area (Å²) in [5.41, 5.74) is 4.96. The zero-order valence-electron chi connectivity index (χ0n) is 33.4. The van der Waals surface area contributed by atoms with Gasteiger partial charge in [0.25, 0.3) is 5.91 Å². The number of unbranched alkanes of at least 4 members (excludes halogenated alkanes) is 4. The highest BCUT2D eigenvalue weighted by Gasteiger charge is 2.31. The quantitative estimate of drug-likeness (QED) is 0.0807. The fraction of sp³-hybridized carbons (Fsp3) is 0.467. The molecule has 11 heteroatoms. The van der Waals surface area contributed by atoms with E-state index in [-0.39, 0.29) is 30.8 Å². The summed E-state index contributed by atoms with van der Waals surface area (Å²) in [5.74, 6) is 0.573. The number of amides is 2. The van der Waals surface area contributed by atoms with E-state index in [0.29, 0.717) is 37.7 Å². The van der Waals surface area contributed by atoms with Crippen LogP contribution in [0.2, 0.25) is 0 Å². The van der Waals surface area contributed by atoms with Gasteiger partial charge in [0.05, 0.1) is 25.9 Å². The maximum absolute atomic E-state index is 13.9. The van der Waals surface area contributed by atoms with Crippen LogP contribution in [0.3, 0.4) is 0 Å². The van der Waals surface area contributed by atoms with Gasteiger partial charge in [-0.25, -0.2) is 9.97 Å². The number of nitrogens with one attached hydrogen (secondary N) is 2. The summed E-state index contributed by atoms with van der Waals surface area (Å²) in [5, 5.41) is 26.8. The third kappa shape index (κ3) is 12.4. The van der Waals surface area contributed by atoms with Crippen molar-refractivity contribution < 1.29 is 29.3 Å². The molecule has 1 aromatic heterocycles. The summed E-state index contributed by atoms with van der Waals surface area (Å²) in [6.07, 6.45) is 8.92. The van der Waals surface area contributed by atoms with E-state index in [1.165, 1.54) is 25.7 Å². The fourth-order valence-corrected chi connectivity index (χ4v) is 6.68. The molecular formula is C45H59N5O6. The van der Waals surface area contributed by atoms with Crippen LogP contribution in [-0.4, -0.2) is 94.7 Å². The van der Waals surface area contributed by atoms with Gasteiger partial charge in [-0.3, -0.25) is 14.5 Å². The fourth-order valence-electron chi connectivity index (χ4n) is 6.68. The molecule has 2 heterocycles. The minimum absolute atomic E-state index is 0.0750. The monoisotopic (exact) mass is 765 g/mol. The average Bonchev–Trinajstić information content (AvgIpc) is 3.22. The number of benzene rings is 3. The van der Waals surface area contributed by atoms with Crippen molar-refractivity contribution in [3.63, 3.8) is 0 Å². The lowest BCUT2D eigenvalue weighted by Gasteiger charge is -2.36. The summed E-state index contributed by atoms with van der Waals surface area (Å²) in [6, 6.07) is 21.2. The second-order valence-corrected chi connectivity index (χ2v) is 15.5. The van der Waals surface area contributed by atoms with Gasteiger partial charge in [0, 0.05) is 55.2 Å². The van der Waals surface area contributed by atoms with Gasteiger partial charge >= 0.3 is 0 Å². The van der Waals surface area contributed by atoms with Crippen molar-refractivity contribution in [1.29, 1.82) is 0 Å². The summed E-state index contributed by atoms with van der Waals surface area (Å²) < 4.78 is 11.3. The number of hydrogen-bond acceptors (Lipinski definition) is 9. The number of aliphatic hydroxyl groups excluding tert-OH is 2. The maximum Gasteiger partial charge on any atom is 0.251 e. The topological polar surface area (TPSA) is 146 Å². The Hall–Kier alpha value is -4.68. The van der Waals surface area contributed by atoms with Crippen LogP contribution in [0.1, 0.15) is 87.7 Å². The van der Waals surface area contributed by atoms with Crippen LogP contribution in [0.4, 0.5) is 0 Å². The van der Waals surface area contributed by atoms with Crippen molar-refractivity contribution in [3.05, 3.63) is 102 Å². The molecule has 1 saturated heterocycles. The highest BCUT2D eigenvalue weighted by Crippen LogP contribution is 2.25. The first-order chi connectivity index (χ1) is 27.0. The van der Waals surface area contributed by atoms with Crippen molar-refractivity contribution in [2.75, 3.05) is 39.5 Å². The number of hydrogen-bond donors (Lipinski definition) is 4. The highest BCUT2D eigenvalue weighted by atomic mass is 16.5. The van der Waals surface area contributed by atoms with E-state index in [2.05, 4.69) is 48.3 Å². The number of ether oxygens (including phenoxy) is 2. The number of nitrogens with zero attached hydrogens (tertiary/aromatic N) is 3.